The summed E-state index contributed by atoms with van der Waals surface area (Å²) in [6.07, 6.45) is 0.780. The van der Waals surface area contributed by atoms with Crippen LogP contribution >= 0.6 is 0 Å². The van der Waals surface area contributed by atoms with Crippen LogP contribution in [0, 0.1) is 0 Å². The van der Waals surface area contributed by atoms with Gasteiger partial charge in [-0.05, 0) is 29.8 Å². The van der Waals surface area contributed by atoms with E-state index in [1.165, 1.54) is 0 Å². The zero-order valence-electron chi connectivity index (χ0n) is 17.3. The zero-order valence-corrected chi connectivity index (χ0v) is 18.1. The van der Waals surface area contributed by atoms with Crippen LogP contribution in [0.25, 0.3) is 0 Å². The number of nitrogens with zero attached hydrogens (tertiary/aromatic N) is 2. The predicted octanol–water partition coefficient (Wildman–Crippen LogP) is 2.13. The van der Waals surface area contributed by atoms with Crippen molar-refractivity contribution in [1.29, 1.82) is 0 Å². The van der Waals surface area contributed by atoms with Gasteiger partial charge in [-0.25, -0.2) is 8.42 Å². The Bertz CT molecular complexity index is 1050. The van der Waals surface area contributed by atoms with Crippen LogP contribution in [0.1, 0.15) is 12.0 Å². The minimum Gasteiger partial charge on any atom is -0.490 e. The number of ether oxygens (including phenoxy) is 4. The average molecular weight is 447 g/mol. The summed E-state index contributed by atoms with van der Waals surface area (Å²) in [5.74, 6) is 2.65. The van der Waals surface area contributed by atoms with Gasteiger partial charge in [-0.15, -0.1) is 0 Å². The Morgan fingerprint density at radius 1 is 0.710 bits per heavy atom. The number of hydrogen-bond acceptors (Lipinski definition) is 7. The highest BCUT2D eigenvalue weighted by Crippen LogP contribution is 2.34. The standard InChI is InChI=1S/C22H26N2O6S/c25-31(26,18-3-5-20-22(15-18)28-11-1-10-27-20)24-8-6-23(7-9-24)16-17-2-4-19-21(14-17)30-13-12-29-19/h2-5,14-15H,1,6-13,16H2. The summed E-state index contributed by atoms with van der Waals surface area (Å²) in [5, 5.41) is 0. The molecule has 2 aromatic carbocycles. The second-order valence-electron chi connectivity index (χ2n) is 7.82. The molecule has 3 heterocycles. The second kappa shape index (κ2) is 8.57. The van der Waals surface area contributed by atoms with Gasteiger partial charge in [0.25, 0.3) is 0 Å². The maximum absolute atomic E-state index is 13.2. The summed E-state index contributed by atoms with van der Waals surface area (Å²) >= 11 is 0. The lowest BCUT2D eigenvalue weighted by molar-refractivity contribution is 0.169. The summed E-state index contributed by atoms with van der Waals surface area (Å²) in [4.78, 5) is 2.50. The zero-order chi connectivity index (χ0) is 21.3. The van der Waals surface area contributed by atoms with Crippen LogP contribution < -0.4 is 18.9 Å². The number of sulfonamides is 1. The number of fused-ring (bicyclic) bond motifs is 2. The molecular weight excluding hydrogens is 420 g/mol. The number of benzene rings is 2. The van der Waals surface area contributed by atoms with Crippen LogP contribution in [0.4, 0.5) is 0 Å². The first kappa shape index (κ1) is 20.4. The number of rotatable bonds is 4. The molecule has 0 unspecified atom stereocenters. The van der Waals surface area contributed by atoms with Crippen molar-refractivity contribution in [2.75, 3.05) is 52.6 Å². The molecule has 0 aliphatic carbocycles. The lowest BCUT2D eigenvalue weighted by Gasteiger charge is -2.34. The first-order chi connectivity index (χ1) is 15.1. The molecule has 8 nitrogen and oxygen atoms in total. The summed E-state index contributed by atoms with van der Waals surface area (Å²) in [5.41, 5.74) is 1.13. The second-order valence-corrected chi connectivity index (χ2v) is 9.76. The molecule has 9 heteroatoms. The van der Waals surface area contributed by atoms with Crippen LogP contribution in [-0.4, -0.2) is 70.2 Å². The van der Waals surface area contributed by atoms with Gasteiger partial charge < -0.3 is 18.9 Å². The molecule has 0 aromatic heterocycles. The molecule has 0 spiro atoms. The molecule has 1 fully saturated rings. The van der Waals surface area contributed by atoms with Crippen molar-refractivity contribution < 1.29 is 27.4 Å². The molecule has 0 atom stereocenters. The predicted molar refractivity (Wildman–Crippen MR) is 114 cm³/mol. The summed E-state index contributed by atoms with van der Waals surface area (Å²) in [6, 6.07) is 10.9. The normalized spacial score (nSPS) is 19.6. The van der Waals surface area contributed by atoms with Crippen molar-refractivity contribution >= 4 is 10.0 Å². The van der Waals surface area contributed by atoms with Gasteiger partial charge >= 0.3 is 0 Å². The van der Waals surface area contributed by atoms with Crippen molar-refractivity contribution in [3.8, 4) is 23.0 Å². The van der Waals surface area contributed by atoms with Crippen LogP contribution in [0.3, 0.4) is 0 Å². The SMILES string of the molecule is O=S(=O)(c1ccc2c(c1)OCCCO2)N1CCN(Cc2ccc3c(c2)OCCO3)CC1. The fourth-order valence-corrected chi connectivity index (χ4v) is 5.46. The minimum absolute atomic E-state index is 0.247. The van der Waals surface area contributed by atoms with Crippen LogP contribution in [0.2, 0.25) is 0 Å². The van der Waals surface area contributed by atoms with Gasteiger partial charge in [0, 0.05) is 45.2 Å². The van der Waals surface area contributed by atoms with Gasteiger partial charge in [0.2, 0.25) is 10.0 Å². The molecule has 0 bridgehead atoms. The molecule has 1 saturated heterocycles. The summed E-state index contributed by atoms with van der Waals surface area (Å²) < 4.78 is 50.4. The Kier molecular flexibility index (Phi) is 5.64. The maximum Gasteiger partial charge on any atom is 0.243 e. The van der Waals surface area contributed by atoms with Gasteiger partial charge in [0.15, 0.2) is 23.0 Å². The largest absolute Gasteiger partial charge is 0.490 e. The third-order valence-corrected chi connectivity index (χ3v) is 7.60. The Morgan fingerprint density at radius 3 is 2.10 bits per heavy atom. The smallest absolute Gasteiger partial charge is 0.243 e. The first-order valence-corrected chi connectivity index (χ1v) is 12.0. The molecule has 0 radical (unpaired) electrons. The van der Waals surface area contributed by atoms with E-state index in [-0.39, 0.29) is 4.90 Å². The van der Waals surface area contributed by atoms with E-state index in [2.05, 4.69) is 4.90 Å². The van der Waals surface area contributed by atoms with Gasteiger partial charge in [-0.1, -0.05) is 6.07 Å². The van der Waals surface area contributed by atoms with Crippen LogP contribution in [0.15, 0.2) is 41.3 Å². The third-order valence-electron chi connectivity index (χ3n) is 5.70. The topological polar surface area (TPSA) is 77.5 Å². The Hall–Kier alpha value is -2.49. The van der Waals surface area contributed by atoms with Gasteiger partial charge in [0.1, 0.15) is 13.2 Å². The van der Waals surface area contributed by atoms with E-state index >= 15 is 0 Å². The van der Waals surface area contributed by atoms with E-state index in [0.717, 1.165) is 30.0 Å². The molecule has 3 aliphatic heterocycles. The molecule has 31 heavy (non-hydrogen) atoms. The third kappa shape index (κ3) is 4.30. The fourth-order valence-electron chi connectivity index (χ4n) is 4.03. The Morgan fingerprint density at radius 2 is 1.32 bits per heavy atom. The minimum atomic E-state index is -3.58. The first-order valence-electron chi connectivity index (χ1n) is 10.6. The maximum atomic E-state index is 13.2. The highest BCUT2D eigenvalue weighted by atomic mass is 32.2. The Labute approximate surface area is 182 Å². The average Bonchev–Trinajstić information content (AvgIpc) is 3.04. The molecule has 166 valence electrons. The van der Waals surface area contributed by atoms with E-state index in [0.29, 0.717) is 64.1 Å². The Balaban J connectivity index is 1.23. The van der Waals surface area contributed by atoms with Crippen LogP contribution in [-0.2, 0) is 16.6 Å². The van der Waals surface area contributed by atoms with E-state index in [1.54, 1.807) is 22.5 Å². The molecular formula is C22H26N2O6S. The fraction of sp³-hybridized carbons (Fsp3) is 0.455. The van der Waals surface area contributed by atoms with Gasteiger partial charge in [-0.3, -0.25) is 4.90 Å². The van der Waals surface area contributed by atoms with E-state index in [4.69, 9.17) is 18.9 Å². The number of hydrogen-bond donors (Lipinski definition) is 0. The van der Waals surface area contributed by atoms with E-state index < -0.39 is 10.0 Å². The highest BCUT2D eigenvalue weighted by molar-refractivity contribution is 7.89. The lowest BCUT2D eigenvalue weighted by atomic mass is 10.1. The molecule has 3 aliphatic rings. The molecule has 0 N–H and O–H groups in total. The van der Waals surface area contributed by atoms with Crippen molar-refractivity contribution in [1.82, 2.24) is 9.21 Å². The van der Waals surface area contributed by atoms with Gasteiger partial charge in [0.05, 0.1) is 18.1 Å². The summed E-state index contributed by atoms with van der Waals surface area (Å²) in [6.45, 7) is 5.20. The lowest BCUT2D eigenvalue weighted by Crippen LogP contribution is -2.48. The van der Waals surface area contributed by atoms with E-state index in [9.17, 15) is 8.42 Å². The molecule has 0 saturated carbocycles. The number of piperazine rings is 1. The van der Waals surface area contributed by atoms with Crippen LogP contribution in [0.5, 0.6) is 23.0 Å². The van der Waals surface area contributed by atoms with Gasteiger partial charge in [-0.2, -0.15) is 4.31 Å². The van der Waals surface area contributed by atoms with Crippen molar-refractivity contribution in [2.24, 2.45) is 0 Å². The molecule has 0 amide bonds. The molecule has 5 rings (SSSR count). The monoisotopic (exact) mass is 446 g/mol. The quantitative estimate of drug-likeness (QED) is 0.712. The van der Waals surface area contributed by atoms with Crippen molar-refractivity contribution in [3.63, 3.8) is 0 Å². The van der Waals surface area contributed by atoms with Crippen molar-refractivity contribution in [3.05, 3.63) is 42.0 Å². The van der Waals surface area contributed by atoms with E-state index in [1.807, 2.05) is 18.2 Å². The highest BCUT2D eigenvalue weighted by Gasteiger charge is 2.29. The van der Waals surface area contributed by atoms with Crippen molar-refractivity contribution in [2.45, 2.75) is 17.9 Å². The molecule has 2 aromatic rings. The summed E-state index contributed by atoms with van der Waals surface area (Å²) in [7, 11) is -3.58.